The van der Waals surface area contributed by atoms with E-state index in [0.717, 1.165) is 24.3 Å². The minimum atomic E-state index is -0.207. The zero-order valence-corrected chi connectivity index (χ0v) is 11.2. The maximum atomic E-state index is 11.9. The van der Waals surface area contributed by atoms with E-state index in [2.05, 4.69) is 36.4 Å². The minimum Gasteiger partial charge on any atom is -0.324 e. The Hall–Kier alpha value is -1.39. The van der Waals surface area contributed by atoms with E-state index in [1.807, 2.05) is 24.3 Å². The number of para-hydroxylation sites is 1. The lowest BCUT2D eigenvalue weighted by molar-refractivity contribution is -0.117. The van der Waals surface area contributed by atoms with Gasteiger partial charge in [-0.2, -0.15) is 0 Å². The molecule has 0 saturated carbocycles. The van der Waals surface area contributed by atoms with Crippen LogP contribution in [0.1, 0.15) is 25.5 Å². The smallest absolute Gasteiger partial charge is 0.246 e. The van der Waals surface area contributed by atoms with Crippen LogP contribution in [-0.2, 0) is 4.79 Å². The molecule has 0 saturated heterocycles. The lowest BCUT2D eigenvalue weighted by Crippen LogP contribution is -2.36. The van der Waals surface area contributed by atoms with E-state index in [4.69, 9.17) is 0 Å². The maximum Gasteiger partial charge on any atom is 0.246 e. The fraction of sp³-hybridized carbons (Fsp3) is 0.500. The third-order valence-electron chi connectivity index (χ3n) is 3.49. The average molecular weight is 247 g/mol. The maximum absolute atomic E-state index is 11.9. The van der Waals surface area contributed by atoms with Gasteiger partial charge in [-0.15, -0.1) is 0 Å². The van der Waals surface area contributed by atoms with Crippen LogP contribution >= 0.6 is 0 Å². The van der Waals surface area contributed by atoms with Gasteiger partial charge in [0.15, 0.2) is 0 Å². The standard InChI is InChI=1S/C14H21N3O/c1-10(2)17(3)9-8-15-13-11-6-4-5-7-12(11)16-14(13)18/h4-7,10,13,15H,8-9H2,1-3H3,(H,16,18). The van der Waals surface area contributed by atoms with Gasteiger partial charge in [-0.1, -0.05) is 18.2 Å². The van der Waals surface area contributed by atoms with Crippen LogP contribution in [0.4, 0.5) is 5.69 Å². The number of carbonyl (C=O) groups excluding carboxylic acids is 1. The molecule has 4 heteroatoms. The number of rotatable bonds is 5. The summed E-state index contributed by atoms with van der Waals surface area (Å²) in [7, 11) is 2.09. The Bertz CT molecular complexity index is 431. The molecule has 0 spiro atoms. The van der Waals surface area contributed by atoms with Crippen LogP contribution in [0.25, 0.3) is 0 Å². The number of benzene rings is 1. The number of hydrogen-bond acceptors (Lipinski definition) is 3. The first kappa shape index (κ1) is 13.1. The largest absolute Gasteiger partial charge is 0.324 e. The van der Waals surface area contributed by atoms with Crippen LogP contribution in [0.5, 0.6) is 0 Å². The molecule has 2 N–H and O–H groups in total. The molecule has 1 atom stereocenters. The summed E-state index contributed by atoms with van der Waals surface area (Å²) in [4.78, 5) is 14.1. The normalized spacial score (nSPS) is 18.3. The molecule has 0 aliphatic carbocycles. The van der Waals surface area contributed by atoms with Crippen molar-refractivity contribution in [1.29, 1.82) is 0 Å². The fourth-order valence-corrected chi connectivity index (χ4v) is 2.05. The van der Waals surface area contributed by atoms with Gasteiger partial charge in [0, 0.05) is 30.4 Å². The highest BCUT2D eigenvalue weighted by Gasteiger charge is 2.29. The number of likely N-dealkylation sites (N-methyl/N-ethyl adjacent to an activating group) is 1. The van der Waals surface area contributed by atoms with Gasteiger partial charge in [0.05, 0.1) is 0 Å². The van der Waals surface area contributed by atoms with Gasteiger partial charge in [0.1, 0.15) is 6.04 Å². The number of amides is 1. The van der Waals surface area contributed by atoms with Crippen LogP contribution in [0.2, 0.25) is 0 Å². The van der Waals surface area contributed by atoms with E-state index in [-0.39, 0.29) is 11.9 Å². The van der Waals surface area contributed by atoms with Gasteiger partial charge < -0.3 is 15.5 Å². The van der Waals surface area contributed by atoms with Crippen molar-refractivity contribution in [2.75, 3.05) is 25.5 Å². The number of carbonyl (C=O) groups is 1. The summed E-state index contributed by atoms with van der Waals surface area (Å²) in [5.74, 6) is 0.0448. The molecule has 2 rings (SSSR count). The fourth-order valence-electron chi connectivity index (χ4n) is 2.05. The highest BCUT2D eigenvalue weighted by molar-refractivity contribution is 6.02. The first-order valence-electron chi connectivity index (χ1n) is 6.43. The van der Waals surface area contributed by atoms with Gasteiger partial charge in [0.2, 0.25) is 5.91 Å². The lowest BCUT2D eigenvalue weighted by Gasteiger charge is -2.22. The number of nitrogens with zero attached hydrogens (tertiary/aromatic N) is 1. The summed E-state index contributed by atoms with van der Waals surface area (Å²) in [6.07, 6.45) is 0. The molecule has 98 valence electrons. The van der Waals surface area contributed by atoms with Crippen LogP contribution in [0.15, 0.2) is 24.3 Å². The second-order valence-electron chi connectivity index (χ2n) is 5.04. The third-order valence-corrected chi connectivity index (χ3v) is 3.49. The van der Waals surface area contributed by atoms with Crippen molar-refractivity contribution in [3.8, 4) is 0 Å². The molecule has 1 aliphatic heterocycles. The van der Waals surface area contributed by atoms with Crippen molar-refractivity contribution >= 4 is 11.6 Å². The van der Waals surface area contributed by atoms with Crippen LogP contribution in [0, 0.1) is 0 Å². The van der Waals surface area contributed by atoms with Crippen molar-refractivity contribution in [2.45, 2.75) is 25.9 Å². The lowest BCUT2D eigenvalue weighted by atomic mass is 10.1. The molecule has 1 amide bonds. The van der Waals surface area contributed by atoms with Gasteiger partial charge in [-0.05, 0) is 27.0 Å². The van der Waals surface area contributed by atoms with Crippen LogP contribution in [0.3, 0.4) is 0 Å². The molecular weight excluding hydrogens is 226 g/mol. The van der Waals surface area contributed by atoms with Gasteiger partial charge in [0.25, 0.3) is 0 Å². The molecule has 4 nitrogen and oxygen atoms in total. The first-order valence-corrected chi connectivity index (χ1v) is 6.43. The van der Waals surface area contributed by atoms with Crippen molar-refractivity contribution in [1.82, 2.24) is 10.2 Å². The molecule has 18 heavy (non-hydrogen) atoms. The summed E-state index contributed by atoms with van der Waals surface area (Å²) < 4.78 is 0. The van der Waals surface area contributed by atoms with E-state index >= 15 is 0 Å². The SMILES string of the molecule is CC(C)N(C)CCNC1C(=O)Nc2ccccc21. The van der Waals surface area contributed by atoms with Gasteiger partial charge in [-0.3, -0.25) is 4.79 Å². The molecule has 1 heterocycles. The topological polar surface area (TPSA) is 44.4 Å². The first-order chi connectivity index (χ1) is 8.59. The number of nitrogens with one attached hydrogen (secondary N) is 2. The van der Waals surface area contributed by atoms with E-state index in [1.165, 1.54) is 0 Å². The molecule has 1 aromatic rings. The monoisotopic (exact) mass is 247 g/mol. The van der Waals surface area contributed by atoms with E-state index in [0.29, 0.717) is 6.04 Å². The van der Waals surface area contributed by atoms with Crippen molar-refractivity contribution in [3.63, 3.8) is 0 Å². The zero-order chi connectivity index (χ0) is 13.1. The highest BCUT2D eigenvalue weighted by Crippen LogP contribution is 2.29. The quantitative estimate of drug-likeness (QED) is 0.831. The summed E-state index contributed by atoms with van der Waals surface area (Å²) >= 11 is 0. The summed E-state index contributed by atoms with van der Waals surface area (Å²) in [5, 5.41) is 6.21. The molecule has 0 radical (unpaired) electrons. The molecule has 0 fully saturated rings. The second-order valence-corrected chi connectivity index (χ2v) is 5.04. The minimum absolute atomic E-state index is 0.0448. The van der Waals surface area contributed by atoms with Gasteiger partial charge >= 0.3 is 0 Å². The summed E-state index contributed by atoms with van der Waals surface area (Å²) in [6, 6.07) is 8.16. The van der Waals surface area contributed by atoms with E-state index in [9.17, 15) is 4.79 Å². The average Bonchev–Trinajstić information content (AvgIpc) is 2.65. The van der Waals surface area contributed by atoms with Gasteiger partial charge in [-0.25, -0.2) is 0 Å². The Kier molecular flexibility index (Phi) is 3.99. The number of hydrogen-bond donors (Lipinski definition) is 2. The second kappa shape index (κ2) is 5.50. The highest BCUT2D eigenvalue weighted by atomic mass is 16.2. The Morgan fingerprint density at radius 3 is 2.83 bits per heavy atom. The number of fused-ring (bicyclic) bond motifs is 1. The number of anilines is 1. The molecule has 1 aliphatic rings. The Morgan fingerprint density at radius 1 is 1.39 bits per heavy atom. The molecule has 1 unspecified atom stereocenters. The Labute approximate surface area is 108 Å². The predicted molar refractivity (Wildman–Crippen MR) is 73.6 cm³/mol. The zero-order valence-electron chi connectivity index (χ0n) is 11.2. The Morgan fingerprint density at radius 2 is 2.11 bits per heavy atom. The summed E-state index contributed by atoms with van der Waals surface area (Å²) in [6.45, 7) is 6.07. The molecule has 0 bridgehead atoms. The van der Waals surface area contributed by atoms with Crippen molar-refractivity contribution < 1.29 is 4.79 Å². The van der Waals surface area contributed by atoms with E-state index < -0.39 is 0 Å². The van der Waals surface area contributed by atoms with Crippen molar-refractivity contribution in [2.24, 2.45) is 0 Å². The van der Waals surface area contributed by atoms with E-state index in [1.54, 1.807) is 0 Å². The molecular formula is C14H21N3O. The van der Waals surface area contributed by atoms with Crippen LogP contribution < -0.4 is 10.6 Å². The molecule has 1 aromatic carbocycles. The van der Waals surface area contributed by atoms with Crippen molar-refractivity contribution in [3.05, 3.63) is 29.8 Å². The molecule has 0 aromatic heterocycles. The third kappa shape index (κ3) is 2.71. The van der Waals surface area contributed by atoms with Crippen LogP contribution in [-0.4, -0.2) is 37.0 Å². The Balaban J connectivity index is 1.92. The predicted octanol–water partition coefficient (Wildman–Crippen LogP) is 1.61. The summed E-state index contributed by atoms with van der Waals surface area (Å²) in [5.41, 5.74) is 1.98.